The standard InChI is InChI=1S/C22H15ClF3IO2/c23-20-9-6-14(12-27)10-19(20)18-8-7-17(22(24,25)26)11-16(18)13-29-21(28)15-4-2-1-3-5-15/h1-11H,12-13H2. The maximum atomic E-state index is 13.2. The number of esters is 1. The summed E-state index contributed by atoms with van der Waals surface area (Å²) in [5, 5.41) is 0.411. The van der Waals surface area contributed by atoms with Crippen LogP contribution >= 0.6 is 34.2 Å². The second-order valence-corrected chi connectivity index (χ2v) is 7.43. The van der Waals surface area contributed by atoms with Crippen molar-refractivity contribution < 1.29 is 22.7 Å². The first-order chi connectivity index (χ1) is 13.8. The molecule has 0 bridgehead atoms. The maximum absolute atomic E-state index is 13.2. The maximum Gasteiger partial charge on any atom is 0.416 e. The SMILES string of the molecule is O=C(OCc1cc(C(F)(F)F)ccc1-c1cc(CI)ccc1Cl)c1ccccc1. The summed E-state index contributed by atoms with van der Waals surface area (Å²) in [5.74, 6) is -0.610. The zero-order chi connectivity index (χ0) is 21.0. The molecule has 3 aromatic rings. The van der Waals surface area contributed by atoms with E-state index in [2.05, 4.69) is 22.6 Å². The molecule has 0 amide bonds. The molecule has 2 nitrogen and oxygen atoms in total. The van der Waals surface area contributed by atoms with Gasteiger partial charge in [-0.05, 0) is 53.1 Å². The predicted molar refractivity (Wildman–Crippen MR) is 115 cm³/mol. The molecule has 7 heteroatoms. The zero-order valence-corrected chi connectivity index (χ0v) is 17.9. The van der Waals surface area contributed by atoms with Crippen LogP contribution in [-0.4, -0.2) is 5.97 Å². The first-order valence-electron chi connectivity index (χ1n) is 8.56. The first kappa shape index (κ1) is 21.6. The second-order valence-electron chi connectivity index (χ2n) is 6.26. The van der Waals surface area contributed by atoms with Crippen molar-refractivity contribution in [3.05, 3.63) is 94.0 Å². The van der Waals surface area contributed by atoms with Gasteiger partial charge in [0.1, 0.15) is 6.61 Å². The number of carbonyl (C=O) groups excluding carboxylic acids is 1. The molecule has 0 aliphatic heterocycles. The average Bonchev–Trinajstić information content (AvgIpc) is 2.72. The van der Waals surface area contributed by atoms with E-state index in [0.29, 0.717) is 21.7 Å². The van der Waals surface area contributed by atoms with Crippen LogP contribution in [0.2, 0.25) is 5.02 Å². The summed E-state index contributed by atoms with van der Waals surface area (Å²) in [6, 6.07) is 17.1. The number of alkyl halides is 4. The smallest absolute Gasteiger partial charge is 0.416 e. The number of carbonyl (C=O) groups is 1. The Balaban J connectivity index is 2.00. The third-order valence-electron chi connectivity index (χ3n) is 4.28. The van der Waals surface area contributed by atoms with E-state index in [1.54, 1.807) is 36.4 Å². The summed E-state index contributed by atoms with van der Waals surface area (Å²) < 4.78 is 45.7. The fourth-order valence-corrected chi connectivity index (χ4v) is 3.51. The third-order valence-corrected chi connectivity index (χ3v) is 5.49. The topological polar surface area (TPSA) is 26.3 Å². The Hall–Kier alpha value is -2.06. The molecule has 0 heterocycles. The van der Waals surface area contributed by atoms with Crippen LogP contribution < -0.4 is 0 Å². The summed E-state index contributed by atoms with van der Waals surface area (Å²) >= 11 is 8.51. The Morgan fingerprint density at radius 3 is 2.34 bits per heavy atom. The second kappa shape index (κ2) is 9.17. The van der Waals surface area contributed by atoms with E-state index >= 15 is 0 Å². The summed E-state index contributed by atoms with van der Waals surface area (Å²) in [6.45, 7) is -0.308. The Kier molecular flexibility index (Phi) is 6.85. The highest BCUT2D eigenvalue weighted by Crippen LogP contribution is 2.37. The first-order valence-corrected chi connectivity index (χ1v) is 10.5. The largest absolute Gasteiger partial charge is 0.457 e. The van der Waals surface area contributed by atoms with Crippen molar-refractivity contribution in [2.75, 3.05) is 0 Å². The Morgan fingerprint density at radius 2 is 1.69 bits per heavy atom. The molecule has 3 aromatic carbocycles. The summed E-state index contributed by atoms with van der Waals surface area (Å²) in [5.41, 5.74) is 1.82. The van der Waals surface area contributed by atoms with Crippen molar-refractivity contribution in [2.24, 2.45) is 0 Å². The molecule has 0 aliphatic carbocycles. The molecule has 0 aromatic heterocycles. The number of hydrogen-bond acceptors (Lipinski definition) is 2. The highest BCUT2D eigenvalue weighted by molar-refractivity contribution is 14.1. The van der Waals surface area contributed by atoms with Gasteiger partial charge in [-0.2, -0.15) is 13.2 Å². The minimum Gasteiger partial charge on any atom is -0.457 e. The molecule has 0 spiro atoms. The van der Waals surface area contributed by atoms with Gasteiger partial charge in [-0.25, -0.2) is 4.79 Å². The number of rotatable bonds is 5. The Bertz CT molecular complexity index is 1020. The lowest BCUT2D eigenvalue weighted by Gasteiger charge is -2.16. The summed E-state index contributed by atoms with van der Waals surface area (Å²) in [4.78, 5) is 12.2. The third kappa shape index (κ3) is 5.30. The molecule has 0 saturated heterocycles. The number of ether oxygens (including phenoxy) is 1. The van der Waals surface area contributed by atoms with Crippen LogP contribution in [0.25, 0.3) is 11.1 Å². The van der Waals surface area contributed by atoms with Crippen molar-refractivity contribution >= 4 is 40.2 Å². The van der Waals surface area contributed by atoms with Crippen molar-refractivity contribution in [1.29, 1.82) is 0 Å². The normalized spacial score (nSPS) is 11.3. The summed E-state index contributed by atoms with van der Waals surface area (Å²) in [6.07, 6.45) is -4.51. The van der Waals surface area contributed by atoms with Crippen LogP contribution in [0.15, 0.2) is 66.7 Å². The Labute approximate surface area is 184 Å². The van der Waals surface area contributed by atoms with Crippen molar-refractivity contribution in [3.8, 4) is 11.1 Å². The van der Waals surface area contributed by atoms with Gasteiger partial charge in [0.2, 0.25) is 0 Å². The van der Waals surface area contributed by atoms with E-state index in [-0.39, 0.29) is 12.2 Å². The minimum atomic E-state index is -4.51. The number of benzene rings is 3. The van der Waals surface area contributed by atoms with Gasteiger partial charge in [-0.1, -0.05) is 64.5 Å². The van der Waals surface area contributed by atoms with E-state index in [0.717, 1.165) is 22.1 Å². The molecule has 0 atom stereocenters. The number of halogens is 5. The molecular weight excluding hydrogens is 516 g/mol. The fourth-order valence-electron chi connectivity index (χ4n) is 2.82. The lowest BCUT2D eigenvalue weighted by Crippen LogP contribution is -2.09. The molecule has 0 radical (unpaired) electrons. The monoisotopic (exact) mass is 530 g/mol. The number of hydrogen-bond donors (Lipinski definition) is 0. The van der Waals surface area contributed by atoms with Crippen LogP contribution in [0.4, 0.5) is 13.2 Å². The van der Waals surface area contributed by atoms with Gasteiger partial charge in [-0.3, -0.25) is 0 Å². The highest BCUT2D eigenvalue weighted by atomic mass is 127. The molecule has 29 heavy (non-hydrogen) atoms. The van der Waals surface area contributed by atoms with Gasteiger partial charge < -0.3 is 4.74 Å². The van der Waals surface area contributed by atoms with Gasteiger partial charge in [0, 0.05) is 15.0 Å². The van der Waals surface area contributed by atoms with Crippen LogP contribution in [0.3, 0.4) is 0 Å². The van der Waals surface area contributed by atoms with Crippen LogP contribution in [0.1, 0.15) is 27.0 Å². The van der Waals surface area contributed by atoms with E-state index in [9.17, 15) is 18.0 Å². The molecule has 150 valence electrons. The fraction of sp³-hybridized carbons (Fsp3) is 0.136. The predicted octanol–water partition coefficient (Wildman–Crippen LogP) is 7.32. The molecule has 0 fully saturated rings. The van der Waals surface area contributed by atoms with Gasteiger partial charge in [0.15, 0.2) is 0 Å². The van der Waals surface area contributed by atoms with Gasteiger partial charge in [0.05, 0.1) is 11.1 Å². The van der Waals surface area contributed by atoms with Gasteiger partial charge >= 0.3 is 12.1 Å². The molecule has 0 N–H and O–H groups in total. The summed E-state index contributed by atoms with van der Waals surface area (Å²) in [7, 11) is 0. The van der Waals surface area contributed by atoms with E-state index in [1.165, 1.54) is 6.07 Å². The zero-order valence-electron chi connectivity index (χ0n) is 15.0. The van der Waals surface area contributed by atoms with Crippen LogP contribution in [0, 0.1) is 0 Å². The van der Waals surface area contributed by atoms with Crippen molar-refractivity contribution in [3.63, 3.8) is 0 Å². The van der Waals surface area contributed by atoms with E-state index < -0.39 is 17.7 Å². The van der Waals surface area contributed by atoms with E-state index in [1.807, 2.05) is 12.1 Å². The minimum absolute atomic E-state index is 0.233. The quantitative estimate of drug-likeness (QED) is 0.196. The van der Waals surface area contributed by atoms with Gasteiger partial charge in [-0.15, -0.1) is 0 Å². The molecule has 0 aliphatic rings. The van der Waals surface area contributed by atoms with Gasteiger partial charge in [0.25, 0.3) is 0 Å². The average molecular weight is 531 g/mol. The molecular formula is C22H15ClF3IO2. The van der Waals surface area contributed by atoms with E-state index in [4.69, 9.17) is 16.3 Å². The highest BCUT2D eigenvalue weighted by Gasteiger charge is 2.31. The van der Waals surface area contributed by atoms with Crippen molar-refractivity contribution in [2.45, 2.75) is 17.2 Å². The molecule has 0 saturated carbocycles. The van der Waals surface area contributed by atoms with Crippen molar-refractivity contribution in [1.82, 2.24) is 0 Å². The molecule has 3 rings (SSSR count). The van der Waals surface area contributed by atoms with Crippen LogP contribution in [-0.2, 0) is 21.9 Å². The Morgan fingerprint density at radius 1 is 0.966 bits per heavy atom. The molecule has 0 unspecified atom stereocenters. The lowest BCUT2D eigenvalue weighted by molar-refractivity contribution is -0.137. The lowest BCUT2D eigenvalue weighted by atomic mass is 9.96. The van der Waals surface area contributed by atoms with Crippen LogP contribution in [0.5, 0.6) is 0 Å².